The average Bonchev–Trinajstić information content (AvgIpc) is 2.87. The number of anilines is 1. The fraction of sp³-hybridized carbons (Fsp3) is 0.222. The van der Waals surface area contributed by atoms with Gasteiger partial charge in [0.05, 0.1) is 12.3 Å². The zero-order valence-electron chi connectivity index (χ0n) is 19.2. The number of ether oxygens (including phenoxy) is 3. The van der Waals surface area contributed by atoms with Gasteiger partial charge in [0.1, 0.15) is 11.5 Å². The third-order valence-electron chi connectivity index (χ3n) is 4.89. The Hall–Kier alpha value is -4.13. The maximum atomic E-state index is 13.1. The van der Waals surface area contributed by atoms with Crippen LogP contribution in [0.25, 0.3) is 0 Å². The van der Waals surface area contributed by atoms with E-state index in [0.717, 1.165) is 0 Å². The van der Waals surface area contributed by atoms with Crippen LogP contribution in [0.2, 0.25) is 0 Å². The van der Waals surface area contributed by atoms with Crippen molar-refractivity contribution in [3.8, 4) is 11.5 Å². The van der Waals surface area contributed by atoms with Crippen molar-refractivity contribution in [3.05, 3.63) is 90.0 Å². The first-order valence-corrected chi connectivity index (χ1v) is 11.0. The Kier molecular flexibility index (Phi) is 8.80. The Morgan fingerprint density at radius 3 is 2.18 bits per heavy atom. The smallest absolute Gasteiger partial charge is 0.345 e. The van der Waals surface area contributed by atoms with Crippen LogP contribution < -0.4 is 14.8 Å². The van der Waals surface area contributed by atoms with E-state index in [1.807, 2.05) is 6.92 Å². The number of para-hydroxylation sites is 2. The topological polar surface area (TPSA) is 90.9 Å². The molecule has 7 heteroatoms. The summed E-state index contributed by atoms with van der Waals surface area (Å²) in [5.41, 5.74) is 1.57. The molecule has 1 N–H and O–H groups in total. The summed E-state index contributed by atoms with van der Waals surface area (Å²) in [6, 6.07) is 22.3. The first kappa shape index (κ1) is 24.5. The maximum absolute atomic E-state index is 13.1. The van der Waals surface area contributed by atoms with Crippen LogP contribution in [-0.2, 0) is 14.3 Å². The molecule has 176 valence electrons. The summed E-state index contributed by atoms with van der Waals surface area (Å²) in [5, 5.41) is 2.78. The van der Waals surface area contributed by atoms with E-state index in [1.165, 1.54) is 0 Å². The van der Waals surface area contributed by atoms with E-state index in [2.05, 4.69) is 5.32 Å². The van der Waals surface area contributed by atoms with Crippen molar-refractivity contribution in [2.45, 2.75) is 26.4 Å². The van der Waals surface area contributed by atoms with Crippen LogP contribution in [0.1, 0.15) is 42.3 Å². The van der Waals surface area contributed by atoms with E-state index in [-0.39, 0.29) is 5.78 Å². The number of ketones is 1. The predicted molar refractivity (Wildman–Crippen MR) is 128 cm³/mol. The van der Waals surface area contributed by atoms with E-state index in [0.29, 0.717) is 41.3 Å². The van der Waals surface area contributed by atoms with Gasteiger partial charge in [-0.25, -0.2) is 4.79 Å². The van der Waals surface area contributed by atoms with Crippen molar-refractivity contribution in [2.75, 3.05) is 18.5 Å². The Morgan fingerprint density at radius 2 is 1.50 bits per heavy atom. The Balaban J connectivity index is 1.68. The van der Waals surface area contributed by atoms with Crippen LogP contribution in [0.5, 0.6) is 11.5 Å². The van der Waals surface area contributed by atoms with Crippen molar-refractivity contribution >= 4 is 23.3 Å². The minimum Gasteiger partial charge on any atom is -0.492 e. The van der Waals surface area contributed by atoms with Gasteiger partial charge >= 0.3 is 5.97 Å². The third-order valence-corrected chi connectivity index (χ3v) is 4.89. The normalized spacial score (nSPS) is 11.2. The zero-order chi connectivity index (χ0) is 24.3. The van der Waals surface area contributed by atoms with E-state index in [9.17, 15) is 14.4 Å². The Bertz CT molecular complexity index is 1110. The number of hydrogen-bond donors (Lipinski definition) is 1. The van der Waals surface area contributed by atoms with Gasteiger partial charge in [0.25, 0.3) is 5.91 Å². The fourth-order valence-corrected chi connectivity index (χ4v) is 3.20. The number of Topliss-reactive ketones (excluding diaryl/α,β-unsaturated/α-hetero) is 1. The summed E-state index contributed by atoms with van der Waals surface area (Å²) in [5.74, 6) is -0.278. The second kappa shape index (κ2) is 12.2. The highest BCUT2D eigenvalue weighted by Crippen LogP contribution is 2.27. The molecule has 0 aliphatic carbocycles. The third kappa shape index (κ3) is 6.68. The first-order chi connectivity index (χ1) is 16.5. The summed E-state index contributed by atoms with van der Waals surface area (Å²) >= 11 is 0. The number of carbonyl (C=O) groups is 3. The molecule has 3 aromatic rings. The van der Waals surface area contributed by atoms with Gasteiger partial charge in [-0.05, 0) is 43.3 Å². The summed E-state index contributed by atoms with van der Waals surface area (Å²) in [6.07, 6.45) is -0.777. The van der Waals surface area contributed by atoms with E-state index >= 15 is 0 Å². The van der Waals surface area contributed by atoms with Crippen molar-refractivity contribution in [3.63, 3.8) is 0 Å². The van der Waals surface area contributed by atoms with E-state index in [1.54, 1.807) is 85.8 Å². The lowest BCUT2D eigenvalue weighted by atomic mass is 10.1. The highest BCUT2D eigenvalue weighted by Gasteiger charge is 2.26. The highest BCUT2D eigenvalue weighted by molar-refractivity contribution is 5.97. The number of nitrogens with one attached hydrogen (secondary N) is 1. The lowest BCUT2D eigenvalue weighted by molar-refractivity contribution is -0.156. The molecular weight excluding hydrogens is 434 g/mol. The van der Waals surface area contributed by atoms with Crippen molar-refractivity contribution in [2.24, 2.45) is 0 Å². The van der Waals surface area contributed by atoms with Crippen LogP contribution >= 0.6 is 0 Å². The van der Waals surface area contributed by atoms with Gasteiger partial charge in [0.15, 0.2) is 12.4 Å². The molecule has 1 unspecified atom stereocenters. The molecule has 7 nitrogen and oxygen atoms in total. The van der Waals surface area contributed by atoms with Crippen molar-refractivity contribution < 1.29 is 28.6 Å². The molecular formula is C27H27NO6. The van der Waals surface area contributed by atoms with Gasteiger partial charge in [0.2, 0.25) is 6.10 Å². The lowest BCUT2D eigenvalue weighted by Crippen LogP contribution is -2.28. The molecule has 0 spiro atoms. The number of amides is 1. The fourth-order valence-electron chi connectivity index (χ4n) is 3.20. The molecule has 0 saturated carbocycles. The SMILES string of the molecule is CCOc1ccccc1NC(=O)C(OC(=O)COc1ccc(C(=O)CC)cc1)c1ccccc1. The molecule has 34 heavy (non-hydrogen) atoms. The van der Waals surface area contributed by atoms with Crippen molar-refractivity contribution in [1.82, 2.24) is 0 Å². The number of rotatable bonds is 11. The molecule has 1 amide bonds. The number of esters is 1. The highest BCUT2D eigenvalue weighted by atomic mass is 16.6. The standard InChI is InChI=1S/C27H27NO6/c1-3-23(29)19-14-16-21(17-15-19)33-18-25(30)34-26(20-10-6-5-7-11-20)27(31)28-22-12-8-9-13-24(22)32-4-2/h5-17,26H,3-4,18H2,1-2H3,(H,28,31). The summed E-state index contributed by atoms with van der Waals surface area (Å²) in [7, 11) is 0. The van der Waals surface area contributed by atoms with E-state index in [4.69, 9.17) is 14.2 Å². The largest absolute Gasteiger partial charge is 0.492 e. The lowest BCUT2D eigenvalue weighted by Gasteiger charge is -2.19. The average molecular weight is 462 g/mol. The summed E-state index contributed by atoms with van der Waals surface area (Å²) in [4.78, 5) is 37.4. The van der Waals surface area contributed by atoms with Crippen LogP contribution in [0, 0.1) is 0 Å². The van der Waals surface area contributed by atoms with Crippen LogP contribution in [-0.4, -0.2) is 30.9 Å². The number of hydrogen-bond acceptors (Lipinski definition) is 6. The second-order valence-electron chi connectivity index (χ2n) is 7.29. The number of benzene rings is 3. The van der Waals surface area contributed by atoms with Gasteiger partial charge in [-0.15, -0.1) is 0 Å². The van der Waals surface area contributed by atoms with Gasteiger partial charge in [-0.1, -0.05) is 49.4 Å². The van der Waals surface area contributed by atoms with Gasteiger partial charge in [0, 0.05) is 17.5 Å². The molecule has 0 bridgehead atoms. The monoisotopic (exact) mass is 461 g/mol. The first-order valence-electron chi connectivity index (χ1n) is 11.0. The van der Waals surface area contributed by atoms with Gasteiger partial charge in [-0.3, -0.25) is 9.59 Å². The molecule has 3 rings (SSSR count). The molecule has 0 radical (unpaired) electrons. The molecule has 0 aromatic heterocycles. The molecule has 0 aliphatic rings. The Labute approximate surface area is 198 Å². The molecule has 3 aromatic carbocycles. The second-order valence-corrected chi connectivity index (χ2v) is 7.29. The predicted octanol–water partition coefficient (Wildman–Crippen LogP) is 4.98. The Morgan fingerprint density at radius 1 is 0.824 bits per heavy atom. The van der Waals surface area contributed by atoms with Gasteiger partial charge < -0.3 is 19.5 Å². The van der Waals surface area contributed by atoms with Gasteiger partial charge in [-0.2, -0.15) is 0 Å². The summed E-state index contributed by atoms with van der Waals surface area (Å²) in [6.45, 7) is 3.68. The van der Waals surface area contributed by atoms with Crippen LogP contribution in [0.4, 0.5) is 5.69 Å². The maximum Gasteiger partial charge on any atom is 0.345 e. The van der Waals surface area contributed by atoms with Crippen LogP contribution in [0.3, 0.4) is 0 Å². The quantitative estimate of drug-likeness (QED) is 0.320. The molecule has 0 aliphatic heterocycles. The zero-order valence-corrected chi connectivity index (χ0v) is 19.2. The molecule has 0 fully saturated rings. The minimum atomic E-state index is -1.18. The van der Waals surface area contributed by atoms with Crippen LogP contribution in [0.15, 0.2) is 78.9 Å². The molecule has 0 saturated heterocycles. The molecule has 0 heterocycles. The summed E-state index contributed by atoms with van der Waals surface area (Å²) < 4.78 is 16.5. The van der Waals surface area contributed by atoms with Crippen molar-refractivity contribution in [1.29, 1.82) is 0 Å². The molecule has 1 atom stereocenters. The van der Waals surface area contributed by atoms with E-state index < -0.39 is 24.6 Å². The number of carbonyl (C=O) groups excluding carboxylic acids is 3. The minimum absolute atomic E-state index is 0.0218.